The zero-order valence-corrected chi connectivity index (χ0v) is 15.9. The van der Waals surface area contributed by atoms with Gasteiger partial charge in [0.1, 0.15) is 5.69 Å². The molecule has 7 heteroatoms. The van der Waals surface area contributed by atoms with Gasteiger partial charge in [-0.05, 0) is 19.4 Å². The minimum atomic E-state index is -0.0362. The van der Waals surface area contributed by atoms with Crippen LogP contribution in [0.3, 0.4) is 0 Å². The Morgan fingerprint density at radius 3 is 2.75 bits per heavy atom. The number of nitrogens with two attached hydrogens (primary N) is 1. The van der Waals surface area contributed by atoms with Crippen LogP contribution in [0.4, 0.5) is 0 Å². The fourth-order valence-corrected chi connectivity index (χ4v) is 5.54. The van der Waals surface area contributed by atoms with Gasteiger partial charge in [0.25, 0.3) is 5.91 Å². The monoisotopic (exact) mass is 368 g/mol. The Bertz CT molecular complexity index is 536. The van der Waals surface area contributed by atoms with Gasteiger partial charge in [-0.15, -0.1) is 11.3 Å². The quantitative estimate of drug-likeness (QED) is 0.805. The van der Waals surface area contributed by atoms with Gasteiger partial charge in [0, 0.05) is 48.5 Å². The van der Waals surface area contributed by atoms with Gasteiger partial charge in [-0.25, -0.2) is 4.98 Å². The molecule has 0 unspecified atom stereocenters. The van der Waals surface area contributed by atoms with Crippen LogP contribution in [0, 0.1) is 0 Å². The van der Waals surface area contributed by atoms with Gasteiger partial charge in [-0.3, -0.25) is 9.69 Å². The lowest BCUT2D eigenvalue weighted by Gasteiger charge is -2.48. The van der Waals surface area contributed by atoms with E-state index < -0.39 is 0 Å². The molecule has 1 aliphatic heterocycles. The zero-order valence-electron chi connectivity index (χ0n) is 14.3. The molecule has 1 aliphatic carbocycles. The lowest BCUT2D eigenvalue weighted by atomic mass is 9.80. The summed E-state index contributed by atoms with van der Waals surface area (Å²) in [5, 5.41) is 5.99. The van der Waals surface area contributed by atoms with Crippen molar-refractivity contribution in [1.29, 1.82) is 0 Å². The Hall–Kier alpha value is -0.630. The van der Waals surface area contributed by atoms with E-state index >= 15 is 0 Å². The molecular formula is C17H28N4OS2. The summed E-state index contributed by atoms with van der Waals surface area (Å²) in [7, 11) is 0. The maximum Gasteiger partial charge on any atom is 0.270 e. The fourth-order valence-electron chi connectivity index (χ4n) is 3.84. The molecule has 3 rings (SSSR count). The van der Waals surface area contributed by atoms with Gasteiger partial charge in [-0.2, -0.15) is 11.8 Å². The maximum absolute atomic E-state index is 12.5. The number of thiazole rings is 1. The summed E-state index contributed by atoms with van der Waals surface area (Å²) in [6, 6.07) is 0. The average molecular weight is 369 g/mol. The Labute approximate surface area is 152 Å². The Morgan fingerprint density at radius 1 is 1.29 bits per heavy atom. The number of rotatable bonds is 6. The van der Waals surface area contributed by atoms with E-state index in [9.17, 15) is 4.79 Å². The third kappa shape index (κ3) is 4.31. The smallest absolute Gasteiger partial charge is 0.270 e. The summed E-state index contributed by atoms with van der Waals surface area (Å²) < 4.78 is 0. The molecule has 1 amide bonds. The minimum Gasteiger partial charge on any atom is -0.349 e. The molecule has 0 atom stereocenters. The number of amides is 1. The lowest BCUT2D eigenvalue weighted by molar-refractivity contribution is 0.0547. The topological polar surface area (TPSA) is 71.2 Å². The first-order chi connectivity index (χ1) is 11.7. The number of carbonyl (C=O) groups is 1. The van der Waals surface area contributed by atoms with Crippen molar-refractivity contribution in [3.63, 3.8) is 0 Å². The SMILES string of the molecule is NCCc1nc(C(=O)NCC2(N3CCSCC3)CCCCC2)cs1. The third-order valence-corrected chi connectivity index (χ3v) is 7.04. The first kappa shape index (κ1) is 18.2. The van der Waals surface area contributed by atoms with E-state index in [0.29, 0.717) is 12.2 Å². The highest BCUT2D eigenvalue weighted by atomic mass is 32.2. The molecule has 0 bridgehead atoms. The molecule has 0 radical (unpaired) electrons. The van der Waals surface area contributed by atoms with E-state index in [1.165, 1.54) is 54.9 Å². The predicted molar refractivity (Wildman–Crippen MR) is 102 cm³/mol. The Kier molecular flexibility index (Phi) is 6.55. The molecule has 1 aromatic heterocycles. The Morgan fingerprint density at radius 2 is 2.04 bits per heavy atom. The van der Waals surface area contributed by atoms with Crippen LogP contribution in [0.1, 0.15) is 47.6 Å². The molecule has 0 spiro atoms. The first-order valence-electron chi connectivity index (χ1n) is 8.99. The lowest BCUT2D eigenvalue weighted by Crippen LogP contribution is -2.58. The van der Waals surface area contributed by atoms with Crippen molar-refractivity contribution >= 4 is 29.0 Å². The van der Waals surface area contributed by atoms with Crippen LogP contribution in [0.25, 0.3) is 0 Å². The molecule has 1 aromatic rings. The van der Waals surface area contributed by atoms with Crippen molar-refractivity contribution in [3.05, 3.63) is 16.1 Å². The fraction of sp³-hybridized carbons (Fsp3) is 0.765. The molecule has 1 saturated heterocycles. The van der Waals surface area contributed by atoms with E-state index in [4.69, 9.17) is 5.73 Å². The highest BCUT2D eigenvalue weighted by Gasteiger charge is 2.38. The van der Waals surface area contributed by atoms with Crippen molar-refractivity contribution < 1.29 is 4.79 Å². The summed E-state index contributed by atoms with van der Waals surface area (Å²) in [5.41, 5.74) is 6.26. The van der Waals surface area contributed by atoms with Crippen LogP contribution >= 0.6 is 23.1 Å². The van der Waals surface area contributed by atoms with E-state index in [1.807, 2.05) is 17.1 Å². The van der Waals surface area contributed by atoms with Crippen LogP contribution in [-0.4, -0.2) is 59.0 Å². The highest BCUT2D eigenvalue weighted by Crippen LogP contribution is 2.34. The van der Waals surface area contributed by atoms with E-state index in [2.05, 4.69) is 15.2 Å². The van der Waals surface area contributed by atoms with Crippen molar-refractivity contribution in [2.45, 2.75) is 44.1 Å². The standard InChI is InChI=1S/C17H28N4OS2/c18-7-4-15-20-14(12-24-15)16(22)19-13-17(5-2-1-3-6-17)21-8-10-23-11-9-21/h12H,1-11,13,18H2,(H,19,22). The van der Waals surface area contributed by atoms with Crippen molar-refractivity contribution in [2.24, 2.45) is 5.73 Å². The maximum atomic E-state index is 12.5. The van der Waals surface area contributed by atoms with Crippen LogP contribution in [0.15, 0.2) is 5.38 Å². The summed E-state index contributed by atoms with van der Waals surface area (Å²) in [6.07, 6.45) is 7.02. The first-order valence-corrected chi connectivity index (χ1v) is 11.0. The second-order valence-corrected chi connectivity index (χ2v) is 8.90. The van der Waals surface area contributed by atoms with Gasteiger partial charge >= 0.3 is 0 Å². The van der Waals surface area contributed by atoms with Crippen LogP contribution in [0.5, 0.6) is 0 Å². The van der Waals surface area contributed by atoms with E-state index in [1.54, 1.807) is 0 Å². The molecule has 134 valence electrons. The van der Waals surface area contributed by atoms with Gasteiger partial charge in [0.05, 0.1) is 5.01 Å². The largest absolute Gasteiger partial charge is 0.349 e. The number of hydrogen-bond acceptors (Lipinski definition) is 6. The number of hydrogen-bond donors (Lipinski definition) is 2. The summed E-state index contributed by atoms with van der Waals surface area (Å²) in [6.45, 7) is 3.63. The van der Waals surface area contributed by atoms with Gasteiger partial charge in [0.15, 0.2) is 0 Å². The molecular weight excluding hydrogens is 340 g/mol. The number of thioether (sulfide) groups is 1. The molecule has 2 fully saturated rings. The number of nitrogens with zero attached hydrogens (tertiary/aromatic N) is 2. The second-order valence-electron chi connectivity index (χ2n) is 6.73. The third-order valence-electron chi connectivity index (χ3n) is 5.19. The van der Waals surface area contributed by atoms with Gasteiger partial charge in [0.2, 0.25) is 0 Å². The van der Waals surface area contributed by atoms with E-state index in [-0.39, 0.29) is 11.4 Å². The predicted octanol–water partition coefficient (Wildman–Crippen LogP) is 2.13. The summed E-state index contributed by atoms with van der Waals surface area (Å²) in [5.74, 6) is 2.39. The molecule has 5 nitrogen and oxygen atoms in total. The number of nitrogens with one attached hydrogen (secondary N) is 1. The van der Waals surface area contributed by atoms with Gasteiger partial charge in [-0.1, -0.05) is 19.3 Å². The molecule has 1 saturated carbocycles. The molecule has 3 N–H and O–H groups in total. The average Bonchev–Trinajstić information content (AvgIpc) is 3.10. The second kappa shape index (κ2) is 8.65. The molecule has 2 aliphatic rings. The van der Waals surface area contributed by atoms with E-state index in [0.717, 1.165) is 31.1 Å². The molecule has 2 heterocycles. The zero-order chi connectivity index (χ0) is 16.8. The van der Waals surface area contributed by atoms with Crippen molar-refractivity contribution in [1.82, 2.24) is 15.2 Å². The number of aromatic nitrogens is 1. The van der Waals surface area contributed by atoms with Gasteiger partial charge < -0.3 is 11.1 Å². The number of carbonyl (C=O) groups excluding carboxylic acids is 1. The summed E-state index contributed by atoms with van der Waals surface area (Å²) >= 11 is 3.57. The molecule has 24 heavy (non-hydrogen) atoms. The Balaban J connectivity index is 1.62. The van der Waals surface area contributed by atoms with Crippen LogP contribution < -0.4 is 11.1 Å². The van der Waals surface area contributed by atoms with Crippen LogP contribution in [-0.2, 0) is 6.42 Å². The molecule has 0 aromatic carbocycles. The minimum absolute atomic E-state index is 0.0362. The normalized spacial score (nSPS) is 21.5. The van der Waals surface area contributed by atoms with Crippen molar-refractivity contribution in [3.8, 4) is 0 Å². The highest BCUT2D eigenvalue weighted by molar-refractivity contribution is 7.99. The van der Waals surface area contributed by atoms with Crippen molar-refractivity contribution in [2.75, 3.05) is 37.7 Å². The van der Waals surface area contributed by atoms with Crippen LogP contribution in [0.2, 0.25) is 0 Å². The summed E-state index contributed by atoms with van der Waals surface area (Å²) in [4.78, 5) is 19.6.